The van der Waals surface area contributed by atoms with Crippen LogP contribution in [0.4, 0.5) is 0 Å². The lowest BCUT2D eigenvalue weighted by Gasteiger charge is -2.24. The fourth-order valence-corrected chi connectivity index (χ4v) is 3.46. The highest BCUT2D eigenvalue weighted by atomic mass is 16.6. The fourth-order valence-electron chi connectivity index (χ4n) is 3.46. The summed E-state index contributed by atoms with van der Waals surface area (Å²) in [5.74, 6) is -1.70. The summed E-state index contributed by atoms with van der Waals surface area (Å²) in [6.07, 6.45) is -0.611. The minimum Gasteiger partial charge on any atom is -0.453 e. The molecule has 0 saturated carbocycles. The van der Waals surface area contributed by atoms with Gasteiger partial charge < -0.3 is 19.5 Å². The number of rotatable bonds is 6. The third-order valence-electron chi connectivity index (χ3n) is 4.93. The second-order valence-corrected chi connectivity index (χ2v) is 10.8. The fraction of sp³-hybridized carbons (Fsp3) is 0.520. The van der Waals surface area contributed by atoms with Crippen LogP contribution in [0.5, 0.6) is 5.75 Å². The molecule has 1 fully saturated rings. The summed E-state index contributed by atoms with van der Waals surface area (Å²) < 4.78 is 16.4. The predicted octanol–water partition coefficient (Wildman–Crippen LogP) is 3.34. The van der Waals surface area contributed by atoms with Crippen LogP contribution in [0.3, 0.4) is 0 Å². The molecule has 8 heteroatoms. The number of esters is 2. The van der Waals surface area contributed by atoms with Gasteiger partial charge in [-0.25, -0.2) is 0 Å². The maximum atomic E-state index is 13.1. The summed E-state index contributed by atoms with van der Waals surface area (Å²) in [5, 5.41) is 2.66. The van der Waals surface area contributed by atoms with Gasteiger partial charge in [-0.2, -0.15) is 0 Å². The molecule has 1 aliphatic carbocycles. The summed E-state index contributed by atoms with van der Waals surface area (Å²) in [4.78, 5) is 49.9. The number of nitrogens with one attached hydrogen (secondary N) is 1. The monoisotopic (exact) mass is 457 g/mol. The van der Waals surface area contributed by atoms with Gasteiger partial charge in [0.15, 0.2) is 18.0 Å². The Kier molecular flexibility index (Phi) is 6.79. The highest BCUT2D eigenvalue weighted by Crippen LogP contribution is 2.36. The zero-order chi connectivity index (χ0) is 24.6. The van der Waals surface area contributed by atoms with E-state index in [-0.39, 0.29) is 46.5 Å². The van der Waals surface area contributed by atoms with Crippen LogP contribution >= 0.6 is 0 Å². The van der Waals surface area contributed by atoms with Crippen LogP contribution in [-0.4, -0.2) is 41.9 Å². The third-order valence-corrected chi connectivity index (χ3v) is 4.93. The van der Waals surface area contributed by atoms with Crippen LogP contribution in [0.1, 0.15) is 64.7 Å². The van der Waals surface area contributed by atoms with Gasteiger partial charge in [-0.1, -0.05) is 53.7 Å². The van der Waals surface area contributed by atoms with Crippen LogP contribution in [0.25, 0.3) is 0 Å². The number of fused-ring (bicyclic) bond motifs is 1. The summed E-state index contributed by atoms with van der Waals surface area (Å²) >= 11 is 0. The first-order chi connectivity index (χ1) is 15.2. The van der Waals surface area contributed by atoms with Gasteiger partial charge in [-0.15, -0.1) is 0 Å². The molecule has 1 amide bonds. The Hall–Kier alpha value is -3.00. The van der Waals surface area contributed by atoms with E-state index in [2.05, 4.69) is 5.32 Å². The lowest BCUT2D eigenvalue weighted by molar-refractivity contribution is -0.150. The van der Waals surface area contributed by atoms with Gasteiger partial charge in [0.05, 0.1) is 24.1 Å². The van der Waals surface area contributed by atoms with Crippen molar-refractivity contribution in [2.24, 2.45) is 10.8 Å². The maximum Gasteiger partial charge on any atom is 0.311 e. The molecule has 3 unspecified atom stereocenters. The van der Waals surface area contributed by atoms with Crippen molar-refractivity contribution in [3.8, 4) is 5.75 Å². The number of hydrogen-bond acceptors (Lipinski definition) is 7. The number of carbonyl (C=O) groups excluding carboxylic acids is 4. The van der Waals surface area contributed by atoms with Crippen molar-refractivity contribution in [2.45, 2.75) is 72.7 Å². The molecule has 33 heavy (non-hydrogen) atoms. The predicted molar refractivity (Wildman–Crippen MR) is 119 cm³/mol. The Morgan fingerprint density at radius 3 is 2.21 bits per heavy atom. The SMILES string of the molecule is CC(C)(C)CC(=O)Oc1ccccc1C(=O)NC1=CC(=O)C2OC2C1OC(=O)CC(C)(C)C. The van der Waals surface area contributed by atoms with E-state index in [0.29, 0.717) is 0 Å². The van der Waals surface area contributed by atoms with Crippen LogP contribution in [0.15, 0.2) is 36.0 Å². The molecule has 1 aliphatic heterocycles. The zero-order valence-corrected chi connectivity index (χ0v) is 19.9. The Bertz CT molecular complexity index is 997. The van der Waals surface area contributed by atoms with Crippen LogP contribution in [-0.2, 0) is 23.9 Å². The highest BCUT2D eigenvalue weighted by Gasteiger charge is 2.55. The standard InChI is InChI=1S/C25H31NO7/c1-24(2,3)12-18(28)31-17-10-8-7-9-14(17)23(30)26-15-11-16(27)21-22(33-21)20(15)32-19(29)13-25(4,5)6/h7-11,20-22H,12-13H2,1-6H3,(H,26,30). The first-order valence-corrected chi connectivity index (χ1v) is 10.9. The molecule has 1 heterocycles. The number of epoxide rings is 1. The molecule has 3 rings (SSSR count). The Balaban J connectivity index is 1.76. The molecule has 0 aromatic heterocycles. The van der Waals surface area contributed by atoms with Gasteiger partial charge >= 0.3 is 11.9 Å². The number of hydrogen-bond donors (Lipinski definition) is 1. The zero-order valence-electron chi connectivity index (χ0n) is 19.9. The smallest absolute Gasteiger partial charge is 0.311 e. The lowest BCUT2D eigenvalue weighted by atomic mass is 9.92. The molecule has 0 radical (unpaired) electrons. The van der Waals surface area contributed by atoms with Crippen molar-refractivity contribution in [2.75, 3.05) is 0 Å². The Morgan fingerprint density at radius 1 is 0.970 bits per heavy atom. The Morgan fingerprint density at radius 2 is 1.58 bits per heavy atom. The van der Waals surface area contributed by atoms with Crippen molar-refractivity contribution in [1.29, 1.82) is 0 Å². The average molecular weight is 458 g/mol. The molecule has 3 atom stereocenters. The van der Waals surface area contributed by atoms with Crippen LogP contribution < -0.4 is 10.1 Å². The molecular formula is C25H31NO7. The number of carbonyl (C=O) groups is 4. The summed E-state index contributed by atoms with van der Waals surface area (Å²) in [6.45, 7) is 11.5. The second-order valence-electron chi connectivity index (χ2n) is 10.8. The van der Waals surface area contributed by atoms with E-state index in [1.807, 2.05) is 41.5 Å². The molecule has 0 spiro atoms. The van der Waals surface area contributed by atoms with Gasteiger partial charge in [0.2, 0.25) is 0 Å². The first kappa shape index (κ1) is 24.6. The largest absolute Gasteiger partial charge is 0.453 e. The lowest BCUT2D eigenvalue weighted by Crippen LogP contribution is -2.41. The molecule has 178 valence electrons. The maximum absolute atomic E-state index is 13.1. The minimum absolute atomic E-state index is 0.105. The van der Waals surface area contributed by atoms with Crippen molar-refractivity contribution in [3.05, 3.63) is 41.6 Å². The summed E-state index contributed by atoms with van der Waals surface area (Å²) in [6, 6.07) is 6.32. The van der Waals surface area contributed by atoms with E-state index in [0.717, 1.165) is 0 Å². The van der Waals surface area contributed by atoms with Crippen molar-refractivity contribution >= 4 is 23.6 Å². The van der Waals surface area contributed by atoms with Crippen molar-refractivity contribution < 1.29 is 33.4 Å². The molecule has 2 aliphatic rings. The highest BCUT2D eigenvalue weighted by molar-refractivity contribution is 6.02. The number of ether oxygens (including phenoxy) is 3. The first-order valence-electron chi connectivity index (χ1n) is 10.9. The van der Waals surface area contributed by atoms with E-state index in [1.165, 1.54) is 18.2 Å². The van der Waals surface area contributed by atoms with E-state index >= 15 is 0 Å². The van der Waals surface area contributed by atoms with Gasteiger partial charge in [0, 0.05) is 6.08 Å². The topological polar surface area (TPSA) is 111 Å². The quantitative estimate of drug-likeness (QED) is 0.396. The van der Waals surface area contributed by atoms with Crippen molar-refractivity contribution in [1.82, 2.24) is 5.32 Å². The van der Waals surface area contributed by atoms with Crippen LogP contribution in [0, 0.1) is 10.8 Å². The second kappa shape index (κ2) is 9.09. The van der Waals surface area contributed by atoms with Crippen molar-refractivity contribution in [3.63, 3.8) is 0 Å². The summed E-state index contributed by atoms with van der Waals surface area (Å²) in [5.41, 5.74) is -0.297. The third kappa shape index (κ3) is 6.74. The van der Waals surface area contributed by atoms with E-state index < -0.39 is 36.2 Å². The van der Waals surface area contributed by atoms with E-state index in [4.69, 9.17) is 14.2 Å². The minimum atomic E-state index is -0.901. The molecular weight excluding hydrogens is 426 g/mol. The van der Waals surface area contributed by atoms with Gasteiger partial charge in [0.1, 0.15) is 11.9 Å². The molecule has 1 aromatic carbocycles. The van der Waals surface area contributed by atoms with Gasteiger partial charge in [0.25, 0.3) is 5.91 Å². The number of benzene rings is 1. The average Bonchev–Trinajstić information content (AvgIpc) is 3.43. The molecule has 1 N–H and O–H groups in total. The normalized spacial score (nSPS) is 22.1. The van der Waals surface area contributed by atoms with Gasteiger partial charge in [-0.3, -0.25) is 19.2 Å². The Labute approximate surface area is 193 Å². The number of amides is 1. The number of para-hydroxylation sites is 1. The molecule has 0 bridgehead atoms. The summed E-state index contributed by atoms with van der Waals surface area (Å²) in [7, 11) is 0. The molecule has 1 saturated heterocycles. The van der Waals surface area contributed by atoms with Crippen LogP contribution in [0.2, 0.25) is 0 Å². The molecule has 1 aromatic rings. The number of ketones is 1. The molecule has 8 nitrogen and oxygen atoms in total. The van der Waals surface area contributed by atoms with E-state index in [9.17, 15) is 19.2 Å². The van der Waals surface area contributed by atoms with Gasteiger partial charge in [-0.05, 0) is 23.0 Å². The van der Waals surface area contributed by atoms with E-state index in [1.54, 1.807) is 12.1 Å².